The van der Waals surface area contributed by atoms with Crippen LogP contribution in [0.25, 0.3) is 5.70 Å². The standard InChI is InChI=1S/C20H25NO2/c1-15(16-9-7-6-8-10-16)21-14-20(2,3)18-13-17(22-4)11-12-19(18)23-5/h6-13,21H,1,14H2,2-5H3. The Bertz CT molecular complexity index is 663. The normalized spacial score (nSPS) is 11.0. The minimum Gasteiger partial charge on any atom is -0.497 e. The second-order valence-electron chi connectivity index (χ2n) is 6.15. The average Bonchev–Trinajstić information content (AvgIpc) is 2.59. The minimum atomic E-state index is -0.141. The van der Waals surface area contributed by atoms with Gasteiger partial charge in [0, 0.05) is 23.2 Å². The molecule has 2 aromatic carbocycles. The molecule has 0 radical (unpaired) electrons. The van der Waals surface area contributed by atoms with Gasteiger partial charge in [-0.1, -0.05) is 50.8 Å². The molecule has 0 aromatic heterocycles. The maximum absolute atomic E-state index is 5.52. The van der Waals surface area contributed by atoms with Crippen LogP contribution in [0.15, 0.2) is 55.1 Å². The van der Waals surface area contributed by atoms with Crippen molar-refractivity contribution in [3.63, 3.8) is 0 Å². The van der Waals surface area contributed by atoms with Gasteiger partial charge in [-0.05, 0) is 23.8 Å². The third-order valence-electron chi connectivity index (χ3n) is 4.00. The van der Waals surface area contributed by atoms with Gasteiger partial charge in [0.25, 0.3) is 0 Å². The number of ether oxygens (including phenoxy) is 2. The lowest BCUT2D eigenvalue weighted by Gasteiger charge is -2.29. The summed E-state index contributed by atoms with van der Waals surface area (Å²) in [6, 6.07) is 16.0. The first-order valence-corrected chi connectivity index (χ1v) is 7.68. The molecule has 23 heavy (non-hydrogen) atoms. The van der Waals surface area contributed by atoms with Crippen molar-refractivity contribution in [3.05, 3.63) is 66.2 Å². The SMILES string of the molecule is C=C(NCC(C)(C)c1cc(OC)ccc1OC)c1ccccc1. The number of hydrogen-bond donors (Lipinski definition) is 1. The van der Waals surface area contributed by atoms with Crippen LogP contribution in [0.2, 0.25) is 0 Å². The Balaban J connectivity index is 2.17. The van der Waals surface area contributed by atoms with Gasteiger partial charge in [0.05, 0.1) is 14.2 Å². The smallest absolute Gasteiger partial charge is 0.122 e. The molecule has 0 spiro atoms. The second-order valence-corrected chi connectivity index (χ2v) is 6.15. The third-order valence-corrected chi connectivity index (χ3v) is 4.00. The van der Waals surface area contributed by atoms with Crippen LogP contribution in [0.3, 0.4) is 0 Å². The predicted molar refractivity (Wildman–Crippen MR) is 96.1 cm³/mol. The van der Waals surface area contributed by atoms with Crippen molar-refractivity contribution >= 4 is 5.70 Å². The van der Waals surface area contributed by atoms with Crippen molar-refractivity contribution < 1.29 is 9.47 Å². The monoisotopic (exact) mass is 311 g/mol. The van der Waals surface area contributed by atoms with Crippen molar-refractivity contribution in [3.8, 4) is 11.5 Å². The summed E-state index contributed by atoms with van der Waals surface area (Å²) in [5.74, 6) is 1.69. The number of hydrogen-bond acceptors (Lipinski definition) is 3. The highest BCUT2D eigenvalue weighted by atomic mass is 16.5. The maximum Gasteiger partial charge on any atom is 0.122 e. The molecule has 0 saturated carbocycles. The summed E-state index contributed by atoms with van der Waals surface area (Å²) in [6.45, 7) is 9.22. The molecule has 0 atom stereocenters. The van der Waals surface area contributed by atoms with E-state index >= 15 is 0 Å². The van der Waals surface area contributed by atoms with Gasteiger partial charge in [-0.15, -0.1) is 0 Å². The molecular weight excluding hydrogens is 286 g/mol. The molecule has 0 amide bonds. The highest BCUT2D eigenvalue weighted by Gasteiger charge is 2.25. The van der Waals surface area contributed by atoms with Crippen molar-refractivity contribution in [2.45, 2.75) is 19.3 Å². The van der Waals surface area contributed by atoms with Gasteiger partial charge in [0.1, 0.15) is 11.5 Å². The van der Waals surface area contributed by atoms with Crippen LogP contribution in [0.1, 0.15) is 25.0 Å². The summed E-state index contributed by atoms with van der Waals surface area (Å²) < 4.78 is 10.9. The number of methoxy groups -OCH3 is 2. The Labute approximate surface area is 138 Å². The van der Waals surface area contributed by atoms with E-state index in [4.69, 9.17) is 9.47 Å². The molecule has 0 saturated heterocycles. The number of rotatable bonds is 7. The van der Waals surface area contributed by atoms with Crippen molar-refractivity contribution in [1.82, 2.24) is 5.32 Å². The van der Waals surface area contributed by atoms with E-state index in [0.29, 0.717) is 0 Å². The Hall–Kier alpha value is -2.42. The molecule has 0 heterocycles. The molecule has 122 valence electrons. The molecule has 2 aromatic rings. The highest BCUT2D eigenvalue weighted by Crippen LogP contribution is 2.34. The Morgan fingerprint density at radius 2 is 1.74 bits per heavy atom. The first-order valence-electron chi connectivity index (χ1n) is 7.68. The lowest BCUT2D eigenvalue weighted by molar-refractivity contribution is 0.382. The molecule has 2 rings (SSSR count). The fourth-order valence-electron chi connectivity index (χ4n) is 2.51. The summed E-state index contributed by atoms with van der Waals surface area (Å²) in [5, 5.41) is 3.44. The van der Waals surface area contributed by atoms with E-state index in [1.807, 2.05) is 36.4 Å². The van der Waals surface area contributed by atoms with E-state index in [9.17, 15) is 0 Å². The van der Waals surface area contributed by atoms with Crippen molar-refractivity contribution in [2.24, 2.45) is 0 Å². The molecule has 0 fully saturated rings. The molecule has 0 aliphatic carbocycles. The van der Waals surface area contributed by atoms with E-state index in [1.54, 1.807) is 14.2 Å². The zero-order chi connectivity index (χ0) is 16.9. The summed E-state index contributed by atoms with van der Waals surface area (Å²) >= 11 is 0. The fourth-order valence-corrected chi connectivity index (χ4v) is 2.51. The molecule has 3 heteroatoms. The molecule has 3 nitrogen and oxygen atoms in total. The van der Waals surface area contributed by atoms with E-state index in [0.717, 1.165) is 34.9 Å². The zero-order valence-corrected chi connectivity index (χ0v) is 14.3. The summed E-state index contributed by atoms with van der Waals surface area (Å²) in [4.78, 5) is 0. The summed E-state index contributed by atoms with van der Waals surface area (Å²) in [5.41, 5.74) is 2.98. The van der Waals surface area contributed by atoms with Gasteiger partial charge < -0.3 is 14.8 Å². The van der Waals surface area contributed by atoms with Gasteiger partial charge in [0.2, 0.25) is 0 Å². The van der Waals surface area contributed by atoms with Crippen LogP contribution < -0.4 is 14.8 Å². The van der Waals surface area contributed by atoms with E-state index < -0.39 is 0 Å². The molecular formula is C20H25NO2. The zero-order valence-electron chi connectivity index (χ0n) is 14.3. The van der Waals surface area contributed by atoms with Gasteiger partial charge in [-0.25, -0.2) is 0 Å². The largest absolute Gasteiger partial charge is 0.497 e. The van der Waals surface area contributed by atoms with Crippen LogP contribution in [0.5, 0.6) is 11.5 Å². The molecule has 0 aliphatic heterocycles. The van der Waals surface area contributed by atoms with E-state index in [-0.39, 0.29) is 5.41 Å². The fraction of sp³-hybridized carbons (Fsp3) is 0.300. The second kappa shape index (κ2) is 7.23. The van der Waals surface area contributed by atoms with Crippen molar-refractivity contribution in [1.29, 1.82) is 0 Å². The highest BCUT2D eigenvalue weighted by molar-refractivity contribution is 5.61. The van der Waals surface area contributed by atoms with Crippen LogP contribution in [0, 0.1) is 0 Å². The lowest BCUT2D eigenvalue weighted by Crippen LogP contribution is -2.32. The van der Waals surface area contributed by atoms with E-state index in [1.165, 1.54) is 0 Å². The van der Waals surface area contributed by atoms with Crippen LogP contribution in [-0.2, 0) is 5.41 Å². The summed E-state index contributed by atoms with van der Waals surface area (Å²) in [7, 11) is 3.37. The summed E-state index contributed by atoms with van der Waals surface area (Å²) in [6.07, 6.45) is 0. The Morgan fingerprint density at radius 3 is 2.35 bits per heavy atom. The van der Waals surface area contributed by atoms with Gasteiger partial charge in [-0.3, -0.25) is 0 Å². The Kier molecular flexibility index (Phi) is 5.32. The minimum absolute atomic E-state index is 0.141. The lowest BCUT2D eigenvalue weighted by atomic mass is 9.83. The van der Waals surface area contributed by atoms with E-state index in [2.05, 4.69) is 37.9 Å². The molecule has 0 bridgehead atoms. The van der Waals surface area contributed by atoms with Gasteiger partial charge in [0.15, 0.2) is 0 Å². The topological polar surface area (TPSA) is 30.5 Å². The Morgan fingerprint density at radius 1 is 1.04 bits per heavy atom. The van der Waals surface area contributed by atoms with Crippen molar-refractivity contribution in [2.75, 3.05) is 20.8 Å². The first kappa shape index (κ1) is 16.9. The molecule has 0 unspecified atom stereocenters. The molecule has 0 aliphatic rings. The molecule has 1 N–H and O–H groups in total. The third kappa shape index (κ3) is 4.07. The van der Waals surface area contributed by atoms with Gasteiger partial charge >= 0.3 is 0 Å². The number of benzene rings is 2. The van der Waals surface area contributed by atoms with Crippen LogP contribution >= 0.6 is 0 Å². The first-order chi connectivity index (χ1) is 11.0. The van der Waals surface area contributed by atoms with Crippen LogP contribution in [0.4, 0.5) is 0 Å². The van der Waals surface area contributed by atoms with Crippen LogP contribution in [-0.4, -0.2) is 20.8 Å². The predicted octanol–water partition coefficient (Wildman–Crippen LogP) is 4.24. The average molecular weight is 311 g/mol. The number of nitrogens with one attached hydrogen (secondary N) is 1. The maximum atomic E-state index is 5.52. The quantitative estimate of drug-likeness (QED) is 0.829. The van der Waals surface area contributed by atoms with Gasteiger partial charge in [-0.2, -0.15) is 0 Å².